The van der Waals surface area contributed by atoms with E-state index in [4.69, 9.17) is 4.74 Å². The van der Waals surface area contributed by atoms with Gasteiger partial charge < -0.3 is 15.2 Å². The van der Waals surface area contributed by atoms with E-state index >= 15 is 0 Å². The van der Waals surface area contributed by atoms with Crippen LogP contribution < -0.4 is 10.1 Å². The van der Waals surface area contributed by atoms with Crippen LogP contribution in [-0.4, -0.2) is 23.6 Å². The molecule has 0 fully saturated rings. The number of ether oxygens (including phenoxy) is 1. The van der Waals surface area contributed by atoms with Crippen LogP contribution in [0, 0.1) is 0 Å². The van der Waals surface area contributed by atoms with Crippen LogP contribution in [0.15, 0.2) is 54.6 Å². The van der Waals surface area contributed by atoms with Crippen molar-refractivity contribution >= 4 is 11.9 Å². The fourth-order valence-electron chi connectivity index (χ4n) is 2.92. The maximum atomic E-state index is 12.8. The number of hydrogen-bond acceptors (Lipinski definition) is 3. The van der Waals surface area contributed by atoms with Gasteiger partial charge in [0.05, 0.1) is 25.0 Å². The van der Waals surface area contributed by atoms with Crippen molar-refractivity contribution in [2.45, 2.75) is 38.6 Å². The minimum Gasteiger partial charge on any atom is -0.494 e. The van der Waals surface area contributed by atoms with Gasteiger partial charge in [-0.2, -0.15) is 0 Å². The molecule has 0 unspecified atom stereocenters. The second-order valence-corrected chi connectivity index (χ2v) is 6.03. The number of nitrogens with one attached hydrogen (secondary N) is 1. The van der Waals surface area contributed by atoms with Gasteiger partial charge in [-0.3, -0.25) is 9.59 Å². The molecule has 2 N–H and O–H groups in total. The summed E-state index contributed by atoms with van der Waals surface area (Å²) in [7, 11) is 0. The van der Waals surface area contributed by atoms with Crippen molar-refractivity contribution in [3.63, 3.8) is 0 Å². The molecular formula is C21H25NO4. The standard InChI is InChI=1S/C21H25NO4/c1-3-18(15-8-6-5-7-9-15)21(25)22-19(14-20(23)24)16-10-12-17(13-11-16)26-4-2/h5-13,18-19H,3-4,14H2,1-2H3,(H,22,25)(H,23,24)/t18-,19-/m0/s1. The molecule has 0 bridgehead atoms. The molecule has 0 saturated carbocycles. The summed E-state index contributed by atoms with van der Waals surface area (Å²) in [6, 6.07) is 16.1. The van der Waals surface area contributed by atoms with Gasteiger partial charge >= 0.3 is 5.97 Å². The van der Waals surface area contributed by atoms with Crippen molar-refractivity contribution in [2.24, 2.45) is 0 Å². The predicted octanol–water partition coefficient (Wildman–Crippen LogP) is 3.91. The molecule has 0 aromatic heterocycles. The lowest BCUT2D eigenvalue weighted by molar-refractivity contribution is -0.137. The molecule has 0 saturated heterocycles. The summed E-state index contributed by atoms with van der Waals surface area (Å²) >= 11 is 0. The molecule has 0 spiro atoms. The quantitative estimate of drug-likeness (QED) is 0.715. The summed E-state index contributed by atoms with van der Waals surface area (Å²) < 4.78 is 5.41. The Morgan fingerprint density at radius 1 is 1.00 bits per heavy atom. The number of carbonyl (C=O) groups is 2. The Balaban J connectivity index is 2.18. The normalized spacial score (nSPS) is 12.8. The molecule has 5 heteroatoms. The Bertz CT molecular complexity index is 713. The van der Waals surface area contributed by atoms with Gasteiger partial charge in [0.25, 0.3) is 0 Å². The van der Waals surface area contributed by atoms with E-state index < -0.39 is 12.0 Å². The van der Waals surface area contributed by atoms with E-state index in [1.165, 1.54) is 0 Å². The zero-order valence-electron chi connectivity index (χ0n) is 15.1. The molecule has 2 rings (SSSR count). The van der Waals surface area contributed by atoms with Gasteiger partial charge in [0, 0.05) is 0 Å². The zero-order valence-corrected chi connectivity index (χ0v) is 15.1. The fraction of sp³-hybridized carbons (Fsp3) is 0.333. The number of carboxylic acid groups (broad SMARTS) is 1. The van der Waals surface area contributed by atoms with Crippen molar-refractivity contribution < 1.29 is 19.4 Å². The van der Waals surface area contributed by atoms with Gasteiger partial charge in [-0.05, 0) is 36.6 Å². The Morgan fingerprint density at radius 2 is 1.65 bits per heavy atom. The predicted molar refractivity (Wildman–Crippen MR) is 100 cm³/mol. The lowest BCUT2D eigenvalue weighted by Crippen LogP contribution is -2.34. The van der Waals surface area contributed by atoms with Crippen LogP contribution in [0.3, 0.4) is 0 Å². The van der Waals surface area contributed by atoms with Crippen LogP contribution in [0.5, 0.6) is 5.75 Å². The number of carbonyl (C=O) groups excluding carboxylic acids is 1. The van der Waals surface area contributed by atoms with E-state index in [-0.39, 0.29) is 18.2 Å². The van der Waals surface area contributed by atoms with Gasteiger partial charge in [0.1, 0.15) is 5.75 Å². The monoisotopic (exact) mass is 355 g/mol. The molecule has 0 aliphatic heterocycles. The van der Waals surface area contributed by atoms with Crippen LogP contribution in [0.2, 0.25) is 0 Å². The molecule has 26 heavy (non-hydrogen) atoms. The number of hydrogen-bond donors (Lipinski definition) is 2. The molecule has 0 heterocycles. The third-order valence-electron chi connectivity index (χ3n) is 4.22. The molecule has 2 aromatic carbocycles. The smallest absolute Gasteiger partial charge is 0.305 e. The minimum absolute atomic E-state index is 0.168. The molecule has 0 aliphatic carbocycles. The van der Waals surface area contributed by atoms with Gasteiger partial charge in [-0.1, -0.05) is 49.4 Å². The third-order valence-corrected chi connectivity index (χ3v) is 4.22. The fourth-order valence-corrected chi connectivity index (χ4v) is 2.92. The van der Waals surface area contributed by atoms with Crippen LogP contribution in [0.25, 0.3) is 0 Å². The number of carboxylic acids is 1. The first-order chi connectivity index (χ1) is 12.5. The maximum Gasteiger partial charge on any atom is 0.305 e. The first kappa shape index (κ1) is 19.5. The molecule has 5 nitrogen and oxygen atoms in total. The molecule has 2 aromatic rings. The highest BCUT2D eigenvalue weighted by molar-refractivity contribution is 5.84. The topological polar surface area (TPSA) is 75.6 Å². The number of rotatable bonds is 9. The Kier molecular flexibility index (Phi) is 7.21. The summed E-state index contributed by atoms with van der Waals surface area (Å²) in [4.78, 5) is 24.0. The highest BCUT2D eigenvalue weighted by Crippen LogP contribution is 2.24. The second kappa shape index (κ2) is 9.61. The maximum absolute atomic E-state index is 12.8. The summed E-state index contributed by atoms with van der Waals surface area (Å²) in [6.45, 7) is 4.40. The van der Waals surface area contributed by atoms with Crippen LogP contribution in [0.1, 0.15) is 49.8 Å². The molecule has 2 atom stereocenters. The molecule has 0 aliphatic rings. The highest BCUT2D eigenvalue weighted by atomic mass is 16.5. The van der Waals surface area contributed by atoms with E-state index in [0.29, 0.717) is 18.8 Å². The molecule has 1 amide bonds. The lowest BCUT2D eigenvalue weighted by Gasteiger charge is -2.22. The van der Waals surface area contributed by atoms with Crippen LogP contribution in [-0.2, 0) is 9.59 Å². The Labute approximate surface area is 154 Å². The molecular weight excluding hydrogens is 330 g/mol. The first-order valence-electron chi connectivity index (χ1n) is 8.85. The summed E-state index contributed by atoms with van der Waals surface area (Å²) in [5.74, 6) is -0.724. The summed E-state index contributed by atoms with van der Waals surface area (Å²) in [5.41, 5.74) is 1.67. The Hall–Kier alpha value is -2.82. The van der Waals surface area contributed by atoms with E-state index in [0.717, 1.165) is 11.1 Å². The molecule has 0 radical (unpaired) electrons. The van der Waals surface area contributed by atoms with Gasteiger partial charge in [0.2, 0.25) is 5.91 Å². The average Bonchev–Trinajstić information content (AvgIpc) is 2.63. The summed E-state index contributed by atoms with van der Waals surface area (Å²) in [5, 5.41) is 12.1. The first-order valence-corrected chi connectivity index (χ1v) is 8.85. The zero-order chi connectivity index (χ0) is 18.9. The van der Waals surface area contributed by atoms with Crippen molar-refractivity contribution in [1.82, 2.24) is 5.32 Å². The lowest BCUT2D eigenvalue weighted by atomic mass is 9.94. The number of aliphatic carboxylic acids is 1. The SMILES string of the molecule is CCOc1ccc([C@H](CC(=O)O)NC(=O)[C@@H](CC)c2ccccc2)cc1. The number of amides is 1. The third kappa shape index (κ3) is 5.34. The van der Waals surface area contributed by atoms with Crippen LogP contribution in [0.4, 0.5) is 0 Å². The van der Waals surface area contributed by atoms with Crippen molar-refractivity contribution in [2.75, 3.05) is 6.61 Å². The minimum atomic E-state index is -0.961. The summed E-state index contributed by atoms with van der Waals surface area (Å²) in [6.07, 6.45) is 0.462. The highest BCUT2D eigenvalue weighted by Gasteiger charge is 2.24. The van der Waals surface area contributed by atoms with E-state index in [1.54, 1.807) is 24.3 Å². The van der Waals surface area contributed by atoms with Gasteiger partial charge in [-0.25, -0.2) is 0 Å². The van der Waals surface area contributed by atoms with E-state index in [9.17, 15) is 14.7 Å². The second-order valence-electron chi connectivity index (χ2n) is 6.03. The van der Waals surface area contributed by atoms with E-state index in [2.05, 4.69) is 5.32 Å². The van der Waals surface area contributed by atoms with Gasteiger partial charge in [-0.15, -0.1) is 0 Å². The average molecular weight is 355 g/mol. The van der Waals surface area contributed by atoms with E-state index in [1.807, 2.05) is 44.2 Å². The van der Waals surface area contributed by atoms with Crippen LogP contribution >= 0.6 is 0 Å². The van der Waals surface area contributed by atoms with Gasteiger partial charge in [0.15, 0.2) is 0 Å². The Morgan fingerprint density at radius 3 is 2.19 bits per heavy atom. The van der Waals surface area contributed by atoms with Crippen molar-refractivity contribution in [3.8, 4) is 5.75 Å². The van der Waals surface area contributed by atoms with Crippen molar-refractivity contribution in [1.29, 1.82) is 0 Å². The molecule has 138 valence electrons. The number of benzene rings is 2. The van der Waals surface area contributed by atoms with Crippen molar-refractivity contribution in [3.05, 3.63) is 65.7 Å². The largest absolute Gasteiger partial charge is 0.494 e.